The van der Waals surface area contributed by atoms with E-state index in [1.807, 2.05) is 12.3 Å². The highest BCUT2D eigenvalue weighted by Gasteiger charge is 2.29. The van der Waals surface area contributed by atoms with Crippen molar-refractivity contribution >= 4 is 17.2 Å². The monoisotopic (exact) mass is 436 g/mol. The SMILES string of the molecule is Cc1nc(COc2ccc(C(=O)NCCOc3ccc(C(F)(F)F)cc3)cc2)cs1. The summed E-state index contributed by atoms with van der Waals surface area (Å²) in [6.07, 6.45) is -4.38. The van der Waals surface area contributed by atoms with Crippen molar-refractivity contribution in [2.75, 3.05) is 13.2 Å². The number of hydrogen-bond acceptors (Lipinski definition) is 5. The molecule has 9 heteroatoms. The average Bonchev–Trinajstić information content (AvgIpc) is 3.15. The molecule has 30 heavy (non-hydrogen) atoms. The number of rotatable bonds is 8. The highest BCUT2D eigenvalue weighted by molar-refractivity contribution is 7.09. The van der Waals surface area contributed by atoms with Crippen LogP contribution in [0, 0.1) is 6.92 Å². The lowest BCUT2D eigenvalue weighted by atomic mass is 10.2. The number of nitrogens with one attached hydrogen (secondary N) is 1. The minimum absolute atomic E-state index is 0.130. The van der Waals surface area contributed by atoms with Gasteiger partial charge in [0.25, 0.3) is 5.91 Å². The van der Waals surface area contributed by atoms with Crippen LogP contribution in [0.2, 0.25) is 0 Å². The Hall–Kier alpha value is -3.07. The van der Waals surface area contributed by atoms with Gasteiger partial charge in [-0.05, 0) is 55.5 Å². The van der Waals surface area contributed by atoms with E-state index >= 15 is 0 Å². The van der Waals surface area contributed by atoms with Crippen LogP contribution in [-0.4, -0.2) is 24.0 Å². The van der Waals surface area contributed by atoms with E-state index in [0.29, 0.717) is 23.7 Å². The van der Waals surface area contributed by atoms with Crippen molar-refractivity contribution < 1.29 is 27.4 Å². The summed E-state index contributed by atoms with van der Waals surface area (Å²) in [5, 5.41) is 5.60. The first-order valence-corrected chi connectivity index (χ1v) is 9.91. The largest absolute Gasteiger partial charge is 0.492 e. The quantitative estimate of drug-likeness (QED) is 0.513. The zero-order valence-corrected chi connectivity index (χ0v) is 16.8. The molecular weight excluding hydrogens is 417 g/mol. The van der Waals surface area contributed by atoms with Gasteiger partial charge >= 0.3 is 6.18 Å². The topological polar surface area (TPSA) is 60.5 Å². The predicted octanol–water partition coefficient (Wildman–Crippen LogP) is 4.86. The van der Waals surface area contributed by atoms with Gasteiger partial charge in [0.05, 0.1) is 22.8 Å². The van der Waals surface area contributed by atoms with Crippen molar-refractivity contribution in [3.05, 3.63) is 75.7 Å². The fourth-order valence-electron chi connectivity index (χ4n) is 2.51. The first-order valence-electron chi connectivity index (χ1n) is 9.03. The number of ether oxygens (including phenoxy) is 2. The number of carbonyl (C=O) groups excluding carboxylic acids is 1. The Bertz CT molecular complexity index is 970. The van der Waals surface area contributed by atoms with Crippen LogP contribution in [0.1, 0.15) is 26.6 Å². The highest BCUT2D eigenvalue weighted by atomic mass is 32.1. The Labute approximate surface area is 175 Å². The van der Waals surface area contributed by atoms with Crippen LogP contribution >= 0.6 is 11.3 Å². The summed E-state index contributed by atoms with van der Waals surface area (Å²) in [5.41, 5.74) is 0.575. The fraction of sp³-hybridized carbons (Fsp3) is 0.238. The number of benzene rings is 2. The van der Waals surface area contributed by atoms with E-state index in [-0.39, 0.29) is 19.1 Å². The molecule has 3 aromatic rings. The smallest absolute Gasteiger partial charge is 0.416 e. The number of alkyl halides is 3. The van der Waals surface area contributed by atoms with E-state index in [0.717, 1.165) is 22.8 Å². The molecule has 0 unspecified atom stereocenters. The zero-order valence-electron chi connectivity index (χ0n) is 16.0. The van der Waals surface area contributed by atoms with E-state index in [9.17, 15) is 18.0 Å². The van der Waals surface area contributed by atoms with Crippen molar-refractivity contribution in [3.63, 3.8) is 0 Å². The molecule has 0 radical (unpaired) electrons. The number of nitrogens with zero attached hydrogens (tertiary/aromatic N) is 1. The molecule has 0 bridgehead atoms. The molecule has 1 heterocycles. The van der Waals surface area contributed by atoms with Gasteiger partial charge in [0.15, 0.2) is 0 Å². The molecule has 158 valence electrons. The molecular formula is C21H19F3N2O3S. The Morgan fingerprint density at radius 2 is 1.67 bits per heavy atom. The molecule has 1 aromatic heterocycles. The molecule has 0 atom stereocenters. The molecule has 0 saturated carbocycles. The number of aryl methyl sites for hydroxylation is 1. The summed E-state index contributed by atoms with van der Waals surface area (Å²) < 4.78 is 48.6. The van der Waals surface area contributed by atoms with Crippen molar-refractivity contribution in [2.24, 2.45) is 0 Å². The molecule has 0 saturated heterocycles. The summed E-state index contributed by atoms with van der Waals surface area (Å²) in [4.78, 5) is 16.5. The van der Waals surface area contributed by atoms with E-state index < -0.39 is 11.7 Å². The van der Waals surface area contributed by atoms with Gasteiger partial charge in [0.1, 0.15) is 24.7 Å². The lowest BCUT2D eigenvalue weighted by Gasteiger charge is -2.10. The molecule has 0 spiro atoms. The van der Waals surface area contributed by atoms with Gasteiger partial charge in [-0.1, -0.05) is 0 Å². The van der Waals surface area contributed by atoms with Crippen LogP contribution in [0.15, 0.2) is 53.9 Å². The molecule has 2 aromatic carbocycles. The third-order valence-electron chi connectivity index (χ3n) is 4.01. The van der Waals surface area contributed by atoms with Crippen molar-refractivity contribution in [1.82, 2.24) is 10.3 Å². The Balaban J connectivity index is 1.40. The Kier molecular flexibility index (Phi) is 6.94. The zero-order chi connectivity index (χ0) is 21.6. The number of carbonyl (C=O) groups is 1. The summed E-state index contributed by atoms with van der Waals surface area (Å²) in [7, 11) is 0. The second-order valence-electron chi connectivity index (χ2n) is 6.30. The number of thiazole rings is 1. The van der Waals surface area contributed by atoms with Crippen LogP contribution in [0.4, 0.5) is 13.2 Å². The lowest BCUT2D eigenvalue weighted by molar-refractivity contribution is -0.137. The maximum Gasteiger partial charge on any atom is 0.416 e. The third-order valence-corrected chi connectivity index (χ3v) is 4.83. The van der Waals surface area contributed by atoms with E-state index in [1.165, 1.54) is 12.1 Å². The van der Waals surface area contributed by atoms with Gasteiger partial charge in [-0.2, -0.15) is 13.2 Å². The molecule has 1 N–H and O–H groups in total. The van der Waals surface area contributed by atoms with Gasteiger partial charge in [-0.15, -0.1) is 11.3 Å². The van der Waals surface area contributed by atoms with Crippen LogP contribution in [0.3, 0.4) is 0 Å². The van der Waals surface area contributed by atoms with Gasteiger partial charge in [-0.3, -0.25) is 4.79 Å². The van der Waals surface area contributed by atoms with Crippen LogP contribution < -0.4 is 14.8 Å². The summed E-state index contributed by atoms with van der Waals surface area (Å²) in [5.74, 6) is 0.643. The van der Waals surface area contributed by atoms with Crippen LogP contribution in [0.25, 0.3) is 0 Å². The molecule has 3 rings (SSSR count). The number of halogens is 3. The summed E-state index contributed by atoms with van der Waals surface area (Å²) in [6.45, 7) is 2.62. The fourth-order valence-corrected chi connectivity index (χ4v) is 3.11. The first-order chi connectivity index (χ1) is 14.3. The Morgan fingerprint density at radius 1 is 1.03 bits per heavy atom. The predicted molar refractivity (Wildman–Crippen MR) is 107 cm³/mol. The maximum atomic E-state index is 12.5. The van der Waals surface area contributed by atoms with E-state index in [1.54, 1.807) is 35.6 Å². The normalized spacial score (nSPS) is 11.2. The van der Waals surface area contributed by atoms with Gasteiger partial charge in [0.2, 0.25) is 0 Å². The van der Waals surface area contributed by atoms with Gasteiger partial charge in [-0.25, -0.2) is 4.98 Å². The third kappa shape index (κ3) is 6.21. The number of hydrogen-bond donors (Lipinski definition) is 1. The minimum atomic E-state index is -4.38. The maximum absolute atomic E-state index is 12.5. The van der Waals surface area contributed by atoms with Crippen molar-refractivity contribution in [2.45, 2.75) is 19.7 Å². The second-order valence-corrected chi connectivity index (χ2v) is 7.36. The molecule has 1 amide bonds. The lowest BCUT2D eigenvalue weighted by Crippen LogP contribution is -2.28. The Morgan fingerprint density at radius 3 is 2.27 bits per heavy atom. The molecule has 0 aliphatic carbocycles. The van der Waals surface area contributed by atoms with Crippen molar-refractivity contribution in [3.8, 4) is 11.5 Å². The van der Waals surface area contributed by atoms with Crippen LogP contribution in [-0.2, 0) is 12.8 Å². The molecule has 0 aliphatic heterocycles. The van der Waals surface area contributed by atoms with E-state index in [2.05, 4.69) is 10.3 Å². The summed E-state index contributed by atoms with van der Waals surface area (Å²) >= 11 is 1.56. The average molecular weight is 436 g/mol. The highest BCUT2D eigenvalue weighted by Crippen LogP contribution is 2.30. The van der Waals surface area contributed by atoms with Gasteiger partial charge < -0.3 is 14.8 Å². The second kappa shape index (κ2) is 9.62. The first kappa shape index (κ1) is 21.6. The molecule has 0 fully saturated rings. The van der Waals surface area contributed by atoms with Crippen molar-refractivity contribution in [1.29, 1.82) is 0 Å². The number of aromatic nitrogens is 1. The standard InChI is InChI=1S/C21H19F3N2O3S/c1-14-26-17(13-30-14)12-29-19-6-2-15(3-7-19)20(27)25-10-11-28-18-8-4-16(5-9-18)21(22,23)24/h2-9,13H,10-12H2,1H3,(H,25,27). The minimum Gasteiger partial charge on any atom is -0.492 e. The summed E-state index contributed by atoms with van der Waals surface area (Å²) in [6, 6.07) is 11.1. The molecule has 0 aliphatic rings. The van der Waals surface area contributed by atoms with Gasteiger partial charge in [0, 0.05) is 10.9 Å². The van der Waals surface area contributed by atoms with Crippen LogP contribution in [0.5, 0.6) is 11.5 Å². The molecule has 5 nitrogen and oxygen atoms in total. The number of amides is 1. The van der Waals surface area contributed by atoms with E-state index in [4.69, 9.17) is 9.47 Å².